The Hall–Kier alpha value is -3.68. The molecule has 28 heavy (non-hydrogen) atoms. The molecular formula is C20H24N8. The van der Waals surface area contributed by atoms with Gasteiger partial charge in [-0.25, -0.2) is 10.9 Å². The molecule has 1 heterocycles. The summed E-state index contributed by atoms with van der Waals surface area (Å²) in [5.41, 5.74) is 10.1. The van der Waals surface area contributed by atoms with Crippen molar-refractivity contribution in [2.45, 2.75) is 26.7 Å². The lowest BCUT2D eigenvalue weighted by molar-refractivity contribution is 0.981. The molecular weight excluding hydrogens is 352 g/mol. The van der Waals surface area contributed by atoms with Crippen molar-refractivity contribution in [2.75, 3.05) is 16.7 Å². The molecule has 0 atom stereocenters. The predicted molar refractivity (Wildman–Crippen MR) is 114 cm³/mol. The van der Waals surface area contributed by atoms with Crippen LogP contribution in [0.3, 0.4) is 0 Å². The lowest BCUT2D eigenvalue weighted by Crippen LogP contribution is -2.14. The predicted octanol–water partition coefficient (Wildman–Crippen LogP) is 3.01. The number of aryl methyl sites for hydroxylation is 2. The van der Waals surface area contributed by atoms with E-state index in [1.807, 2.05) is 24.3 Å². The summed E-state index contributed by atoms with van der Waals surface area (Å²) in [5.74, 6) is 6.55. The summed E-state index contributed by atoms with van der Waals surface area (Å²) in [6.07, 6.45) is 5.40. The second-order valence-electron chi connectivity index (χ2n) is 6.15. The fourth-order valence-electron chi connectivity index (χ4n) is 2.45. The zero-order valence-electron chi connectivity index (χ0n) is 16.0. The molecule has 0 bridgehead atoms. The molecule has 0 fully saturated rings. The van der Waals surface area contributed by atoms with Gasteiger partial charge in [0.25, 0.3) is 11.9 Å². The first-order valence-corrected chi connectivity index (χ1v) is 9.16. The van der Waals surface area contributed by atoms with E-state index >= 15 is 0 Å². The maximum Gasteiger partial charge on any atom is 0.265 e. The first kappa shape index (κ1) is 19.1. The summed E-state index contributed by atoms with van der Waals surface area (Å²) < 4.78 is 1.25. The Bertz CT molecular complexity index is 862. The summed E-state index contributed by atoms with van der Waals surface area (Å²) >= 11 is 0. The Balaban J connectivity index is 1.56. The SMILES string of the molecule is CCc1ccc(C=NNc2nnc(NN=Cc3ccc(CC)cc3)n2N)cc1. The minimum atomic E-state index is 0.298. The molecule has 0 aliphatic heterocycles. The van der Waals surface area contributed by atoms with Gasteiger partial charge >= 0.3 is 0 Å². The summed E-state index contributed by atoms with van der Waals surface area (Å²) in [7, 11) is 0. The van der Waals surface area contributed by atoms with Crippen LogP contribution in [0.5, 0.6) is 0 Å². The van der Waals surface area contributed by atoms with Gasteiger partial charge < -0.3 is 5.84 Å². The highest BCUT2D eigenvalue weighted by atomic mass is 15.6. The number of benzene rings is 2. The van der Waals surface area contributed by atoms with Crippen LogP contribution in [-0.4, -0.2) is 27.3 Å². The fourth-order valence-corrected chi connectivity index (χ4v) is 2.45. The third-order valence-electron chi connectivity index (χ3n) is 4.23. The average molecular weight is 376 g/mol. The van der Waals surface area contributed by atoms with Gasteiger partial charge in [0.2, 0.25) is 0 Å². The standard InChI is InChI=1S/C20H24N8/c1-3-15-5-9-17(10-6-15)13-22-24-19-26-27-20(28(19)21)25-23-14-18-11-7-16(4-2)8-12-18/h5-14H,3-4,21H2,1-2H3,(H,24,26)(H,25,27). The molecule has 0 saturated heterocycles. The normalized spacial score (nSPS) is 11.4. The molecule has 3 aromatic rings. The van der Waals surface area contributed by atoms with Crippen LogP contribution in [0.25, 0.3) is 0 Å². The van der Waals surface area contributed by atoms with Gasteiger partial charge in [0.15, 0.2) is 0 Å². The van der Waals surface area contributed by atoms with Crippen molar-refractivity contribution in [2.24, 2.45) is 10.2 Å². The van der Waals surface area contributed by atoms with Crippen LogP contribution in [0, 0.1) is 0 Å². The van der Waals surface area contributed by atoms with Crippen LogP contribution in [0.4, 0.5) is 11.9 Å². The lowest BCUT2D eigenvalue weighted by atomic mass is 10.1. The third-order valence-corrected chi connectivity index (χ3v) is 4.23. The number of hydrazone groups is 2. The van der Waals surface area contributed by atoms with Crippen LogP contribution in [0.1, 0.15) is 36.1 Å². The van der Waals surface area contributed by atoms with Crippen molar-refractivity contribution in [3.63, 3.8) is 0 Å². The number of nitrogens with one attached hydrogen (secondary N) is 2. The van der Waals surface area contributed by atoms with Crippen LogP contribution >= 0.6 is 0 Å². The molecule has 3 rings (SSSR count). The number of nitrogens with zero attached hydrogens (tertiary/aromatic N) is 5. The molecule has 0 saturated carbocycles. The number of nitrogen functional groups attached to an aromatic ring is 1. The number of aromatic nitrogens is 3. The maximum absolute atomic E-state index is 5.96. The van der Waals surface area contributed by atoms with Crippen molar-refractivity contribution in [3.8, 4) is 0 Å². The molecule has 0 radical (unpaired) electrons. The van der Waals surface area contributed by atoms with Gasteiger partial charge in [-0.1, -0.05) is 62.4 Å². The lowest BCUT2D eigenvalue weighted by Gasteiger charge is -2.02. The van der Waals surface area contributed by atoms with Gasteiger partial charge in [-0.05, 0) is 35.1 Å². The van der Waals surface area contributed by atoms with Crippen LogP contribution in [0.2, 0.25) is 0 Å². The second-order valence-corrected chi connectivity index (χ2v) is 6.15. The van der Waals surface area contributed by atoms with Crippen molar-refractivity contribution < 1.29 is 0 Å². The van der Waals surface area contributed by atoms with Crippen LogP contribution < -0.4 is 16.7 Å². The molecule has 4 N–H and O–H groups in total. The molecule has 1 aromatic heterocycles. The van der Waals surface area contributed by atoms with Crippen molar-refractivity contribution in [3.05, 3.63) is 70.8 Å². The van der Waals surface area contributed by atoms with E-state index in [2.05, 4.69) is 69.4 Å². The zero-order valence-corrected chi connectivity index (χ0v) is 16.0. The summed E-state index contributed by atoms with van der Waals surface area (Å²) in [4.78, 5) is 0. The Morgan fingerprint density at radius 3 is 1.54 bits per heavy atom. The van der Waals surface area contributed by atoms with Crippen LogP contribution in [0.15, 0.2) is 58.7 Å². The average Bonchev–Trinajstić information content (AvgIpc) is 3.09. The molecule has 0 spiro atoms. The molecule has 2 aromatic carbocycles. The molecule has 8 heteroatoms. The van der Waals surface area contributed by atoms with Gasteiger partial charge in [0, 0.05) is 0 Å². The van der Waals surface area contributed by atoms with Crippen molar-refractivity contribution in [1.29, 1.82) is 0 Å². The highest BCUT2D eigenvalue weighted by Gasteiger charge is 2.07. The second kappa shape index (κ2) is 9.31. The van der Waals surface area contributed by atoms with Gasteiger partial charge in [-0.15, -0.1) is 10.2 Å². The molecule has 0 aliphatic carbocycles. The number of nitrogens with two attached hydrogens (primary N) is 1. The van der Waals surface area contributed by atoms with E-state index in [4.69, 9.17) is 5.84 Å². The van der Waals surface area contributed by atoms with Crippen molar-refractivity contribution >= 4 is 24.3 Å². The van der Waals surface area contributed by atoms with Crippen LogP contribution in [-0.2, 0) is 12.8 Å². The maximum atomic E-state index is 5.96. The Labute approximate surface area is 164 Å². The molecule has 0 aliphatic rings. The molecule has 8 nitrogen and oxygen atoms in total. The Morgan fingerprint density at radius 2 is 1.18 bits per heavy atom. The topological polar surface area (TPSA) is 106 Å². The Kier molecular flexibility index (Phi) is 6.35. The zero-order chi connectivity index (χ0) is 19.8. The molecule has 0 amide bonds. The number of hydrogen-bond donors (Lipinski definition) is 3. The first-order valence-electron chi connectivity index (χ1n) is 9.16. The van der Waals surface area contributed by atoms with E-state index in [1.165, 1.54) is 15.8 Å². The minimum Gasteiger partial charge on any atom is -0.333 e. The summed E-state index contributed by atoms with van der Waals surface area (Å²) in [5, 5.41) is 16.2. The Morgan fingerprint density at radius 1 is 0.786 bits per heavy atom. The highest BCUT2D eigenvalue weighted by Crippen LogP contribution is 2.08. The number of anilines is 2. The molecule has 0 unspecified atom stereocenters. The van der Waals surface area contributed by atoms with Gasteiger partial charge in [-0.3, -0.25) is 0 Å². The minimum absolute atomic E-state index is 0.298. The van der Waals surface area contributed by atoms with E-state index in [0.29, 0.717) is 11.9 Å². The summed E-state index contributed by atoms with van der Waals surface area (Å²) in [6.45, 7) is 4.24. The van der Waals surface area contributed by atoms with E-state index in [-0.39, 0.29) is 0 Å². The number of hydrogen-bond acceptors (Lipinski definition) is 7. The summed E-state index contributed by atoms with van der Waals surface area (Å²) in [6, 6.07) is 16.3. The molecule has 144 valence electrons. The fraction of sp³-hybridized carbons (Fsp3) is 0.200. The number of rotatable bonds is 8. The van der Waals surface area contributed by atoms with Gasteiger partial charge in [-0.2, -0.15) is 14.9 Å². The van der Waals surface area contributed by atoms with E-state index in [0.717, 1.165) is 24.0 Å². The first-order chi connectivity index (χ1) is 13.7. The van der Waals surface area contributed by atoms with E-state index in [1.54, 1.807) is 12.4 Å². The third kappa shape index (κ3) is 4.94. The van der Waals surface area contributed by atoms with Crippen molar-refractivity contribution in [1.82, 2.24) is 14.9 Å². The van der Waals surface area contributed by atoms with Gasteiger partial charge in [0.05, 0.1) is 12.4 Å². The van der Waals surface area contributed by atoms with Gasteiger partial charge in [0.1, 0.15) is 0 Å². The highest BCUT2D eigenvalue weighted by molar-refractivity contribution is 5.80. The van der Waals surface area contributed by atoms with E-state index in [9.17, 15) is 0 Å². The quantitative estimate of drug-likeness (QED) is 0.318. The smallest absolute Gasteiger partial charge is 0.265 e. The monoisotopic (exact) mass is 376 g/mol. The largest absolute Gasteiger partial charge is 0.333 e. The van der Waals surface area contributed by atoms with E-state index < -0.39 is 0 Å².